The largest absolute Gasteiger partial charge is 0.338 e. The Morgan fingerprint density at radius 3 is 2.12 bits per heavy atom. The lowest BCUT2D eigenvalue weighted by Crippen LogP contribution is -2.43. The van der Waals surface area contributed by atoms with E-state index < -0.39 is 0 Å². The van der Waals surface area contributed by atoms with E-state index in [1.54, 1.807) is 17.0 Å². The van der Waals surface area contributed by atoms with Crippen LogP contribution in [0.5, 0.6) is 0 Å². The SMILES string of the molecule is O=C(NCCC(c1ccccc1)c1ccccc1)NC1CC(=O)N(c2ccc(F)cc2)C1. The predicted molar refractivity (Wildman–Crippen MR) is 123 cm³/mol. The lowest BCUT2D eigenvalue weighted by Gasteiger charge is -2.19. The monoisotopic (exact) mass is 431 g/mol. The van der Waals surface area contributed by atoms with Gasteiger partial charge in [-0.25, -0.2) is 9.18 Å². The smallest absolute Gasteiger partial charge is 0.315 e. The van der Waals surface area contributed by atoms with Crippen molar-refractivity contribution in [3.8, 4) is 0 Å². The summed E-state index contributed by atoms with van der Waals surface area (Å²) in [6, 6.07) is 25.7. The molecule has 0 saturated carbocycles. The number of nitrogens with zero attached hydrogens (tertiary/aromatic N) is 1. The summed E-state index contributed by atoms with van der Waals surface area (Å²) in [5, 5.41) is 5.81. The minimum Gasteiger partial charge on any atom is -0.338 e. The molecule has 0 aliphatic carbocycles. The number of benzene rings is 3. The molecule has 3 aromatic carbocycles. The van der Waals surface area contributed by atoms with E-state index in [1.807, 2.05) is 36.4 Å². The summed E-state index contributed by atoms with van der Waals surface area (Å²) in [7, 11) is 0. The fraction of sp³-hybridized carbons (Fsp3) is 0.231. The molecule has 1 aliphatic heterocycles. The van der Waals surface area contributed by atoms with Crippen LogP contribution < -0.4 is 15.5 Å². The number of nitrogens with one attached hydrogen (secondary N) is 2. The standard InChI is InChI=1S/C26H26FN3O2/c27-21-11-13-23(14-12-21)30-18-22(17-25(30)31)29-26(32)28-16-15-24(19-7-3-1-4-8-19)20-9-5-2-6-10-20/h1-14,22,24H,15-18H2,(H2,28,29,32). The van der Waals surface area contributed by atoms with Crippen molar-refractivity contribution in [1.29, 1.82) is 0 Å². The molecule has 1 unspecified atom stereocenters. The maximum atomic E-state index is 13.1. The van der Waals surface area contributed by atoms with Gasteiger partial charge < -0.3 is 15.5 Å². The molecule has 32 heavy (non-hydrogen) atoms. The Labute approximate surface area is 187 Å². The molecule has 164 valence electrons. The average Bonchev–Trinajstić information content (AvgIpc) is 3.18. The highest BCUT2D eigenvalue weighted by Crippen LogP contribution is 2.27. The minimum atomic E-state index is -0.348. The van der Waals surface area contributed by atoms with Crippen LogP contribution in [0.15, 0.2) is 84.9 Å². The Morgan fingerprint density at radius 2 is 1.53 bits per heavy atom. The van der Waals surface area contributed by atoms with Gasteiger partial charge in [0.05, 0.1) is 6.04 Å². The molecule has 4 rings (SSSR count). The van der Waals surface area contributed by atoms with Gasteiger partial charge in [0.1, 0.15) is 5.82 Å². The number of carbonyl (C=O) groups is 2. The van der Waals surface area contributed by atoms with Gasteiger partial charge in [-0.3, -0.25) is 4.79 Å². The first-order chi connectivity index (χ1) is 15.6. The number of anilines is 1. The number of amides is 3. The Bertz CT molecular complexity index is 1000. The van der Waals surface area contributed by atoms with Crippen LogP contribution >= 0.6 is 0 Å². The number of carbonyl (C=O) groups excluding carboxylic acids is 2. The van der Waals surface area contributed by atoms with Gasteiger partial charge in [-0.1, -0.05) is 60.7 Å². The zero-order valence-electron chi connectivity index (χ0n) is 17.7. The van der Waals surface area contributed by atoms with Crippen LogP contribution in [0.25, 0.3) is 0 Å². The van der Waals surface area contributed by atoms with Crippen LogP contribution in [-0.4, -0.2) is 31.1 Å². The van der Waals surface area contributed by atoms with Crippen LogP contribution in [0.4, 0.5) is 14.9 Å². The predicted octanol–water partition coefficient (Wildman–Crippen LogP) is 4.45. The van der Waals surface area contributed by atoms with Crippen molar-refractivity contribution in [1.82, 2.24) is 10.6 Å². The van der Waals surface area contributed by atoms with E-state index in [0.717, 1.165) is 6.42 Å². The molecule has 0 bridgehead atoms. The van der Waals surface area contributed by atoms with E-state index in [4.69, 9.17) is 0 Å². The van der Waals surface area contributed by atoms with Crippen LogP contribution in [0.1, 0.15) is 29.9 Å². The van der Waals surface area contributed by atoms with E-state index >= 15 is 0 Å². The van der Waals surface area contributed by atoms with Crippen molar-refractivity contribution in [3.63, 3.8) is 0 Å². The Kier molecular flexibility index (Phi) is 6.80. The van der Waals surface area contributed by atoms with E-state index in [9.17, 15) is 14.0 Å². The quantitative estimate of drug-likeness (QED) is 0.581. The fourth-order valence-corrected chi connectivity index (χ4v) is 4.14. The summed E-state index contributed by atoms with van der Waals surface area (Å²) in [6.07, 6.45) is 0.980. The summed E-state index contributed by atoms with van der Waals surface area (Å²) in [5.74, 6) is -0.256. The van der Waals surface area contributed by atoms with E-state index in [-0.39, 0.29) is 36.1 Å². The molecule has 1 aliphatic rings. The van der Waals surface area contributed by atoms with E-state index in [2.05, 4.69) is 34.9 Å². The summed E-state index contributed by atoms with van der Waals surface area (Å²) in [4.78, 5) is 26.4. The third-order valence-electron chi connectivity index (χ3n) is 5.72. The van der Waals surface area contributed by atoms with Crippen molar-refractivity contribution >= 4 is 17.6 Å². The molecule has 3 amide bonds. The van der Waals surface area contributed by atoms with Crippen LogP contribution in [0, 0.1) is 5.82 Å². The molecule has 3 aromatic rings. The van der Waals surface area contributed by atoms with Gasteiger partial charge in [0, 0.05) is 31.1 Å². The van der Waals surface area contributed by atoms with Crippen molar-refractivity contribution < 1.29 is 14.0 Å². The lowest BCUT2D eigenvalue weighted by atomic mass is 9.88. The number of hydrogen-bond donors (Lipinski definition) is 2. The Balaban J connectivity index is 1.30. The lowest BCUT2D eigenvalue weighted by molar-refractivity contribution is -0.117. The second-order valence-electron chi connectivity index (χ2n) is 7.94. The van der Waals surface area contributed by atoms with Crippen molar-refractivity contribution in [2.45, 2.75) is 24.8 Å². The molecule has 0 radical (unpaired) electrons. The molecule has 1 heterocycles. The van der Waals surface area contributed by atoms with Crippen LogP contribution in [-0.2, 0) is 4.79 Å². The molecular formula is C26H26FN3O2. The first kappa shape index (κ1) is 21.6. The van der Waals surface area contributed by atoms with Gasteiger partial charge in [0.2, 0.25) is 5.91 Å². The number of rotatable bonds is 7. The zero-order valence-corrected chi connectivity index (χ0v) is 17.7. The van der Waals surface area contributed by atoms with E-state index in [1.165, 1.54) is 23.3 Å². The Morgan fingerprint density at radius 1 is 0.938 bits per heavy atom. The van der Waals surface area contributed by atoms with E-state index in [0.29, 0.717) is 18.8 Å². The summed E-state index contributed by atoms with van der Waals surface area (Å²) in [5.41, 5.74) is 3.05. The van der Waals surface area contributed by atoms with Crippen LogP contribution in [0.3, 0.4) is 0 Å². The fourth-order valence-electron chi connectivity index (χ4n) is 4.14. The number of urea groups is 1. The first-order valence-electron chi connectivity index (χ1n) is 10.8. The molecule has 6 heteroatoms. The summed E-state index contributed by atoms with van der Waals surface area (Å²) < 4.78 is 13.1. The molecule has 5 nitrogen and oxygen atoms in total. The maximum Gasteiger partial charge on any atom is 0.315 e. The average molecular weight is 432 g/mol. The topological polar surface area (TPSA) is 61.4 Å². The molecule has 1 fully saturated rings. The second kappa shape index (κ2) is 10.1. The third-order valence-corrected chi connectivity index (χ3v) is 5.72. The van der Waals surface area contributed by atoms with Gasteiger partial charge in [-0.05, 0) is 41.8 Å². The molecular weight excluding hydrogens is 405 g/mol. The molecule has 0 spiro atoms. The minimum absolute atomic E-state index is 0.0878. The summed E-state index contributed by atoms with van der Waals surface area (Å²) >= 11 is 0. The van der Waals surface area contributed by atoms with Gasteiger partial charge in [-0.2, -0.15) is 0 Å². The molecule has 0 aromatic heterocycles. The van der Waals surface area contributed by atoms with Crippen LogP contribution in [0.2, 0.25) is 0 Å². The second-order valence-corrected chi connectivity index (χ2v) is 7.94. The molecule has 2 N–H and O–H groups in total. The van der Waals surface area contributed by atoms with Gasteiger partial charge >= 0.3 is 6.03 Å². The molecule has 1 saturated heterocycles. The number of hydrogen-bond acceptors (Lipinski definition) is 2. The number of halogens is 1. The Hall–Kier alpha value is -3.67. The highest BCUT2D eigenvalue weighted by molar-refractivity contribution is 5.96. The van der Waals surface area contributed by atoms with Crippen molar-refractivity contribution in [2.24, 2.45) is 0 Å². The highest BCUT2D eigenvalue weighted by atomic mass is 19.1. The van der Waals surface area contributed by atoms with Gasteiger partial charge in [0.25, 0.3) is 0 Å². The van der Waals surface area contributed by atoms with Crippen molar-refractivity contribution in [2.75, 3.05) is 18.0 Å². The van der Waals surface area contributed by atoms with Crippen molar-refractivity contribution in [3.05, 3.63) is 102 Å². The zero-order chi connectivity index (χ0) is 22.3. The first-order valence-corrected chi connectivity index (χ1v) is 10.8. The molecule has 1 atom stereocenters. The van der Waals surface area contributed by atoms with Gasteiger partial charge in [0.15, 0.2) is 0 Å². The maximum absolute atomic E-state index is 13.1. The summed E-state index contributed by atoms with van der Waals surface area (Å²) in [6.45, 7) is 0.872. The third kappa shape index (κ3) is 5.32. The normalized spacial score (nSPS) is 15.8. The highest BCUT2D eigenvalue weighted by Gasteiger charge is 2.31. The van der Waals surface area contributed by atoms with Gasteiger partial charge in [-0.15, -0.1) is 0 Å².